The van der Waals surface area contributed by atoms with Gasteiger partial charge in [0.05, 0.1) is 11.1 Å². The number of amides is 1. The zero-order valence-corrected chi connectivity index (χ0v) is 11.3. The first-order valence-corrected chi connectivity index (χ1v) is 6.84. The number of carboxylic acid groups (broad SMARTS) is 1. The van der Waals surface area contributed by atoms with Gasteiger partial charge in [0, 0.05) is 12.4 Å². The van der Waals surface area contributed by atoms with Crippen LogP contribution in [-0.4, -0.2) is 33.2 Å². The topological polar surface area (TPSA) is 92.2 Å². The van der Waals surface area contributed by atoms with Crippen molar-refractivity contribution < 1.29 is 14.7 Å². The van der Waals surface area contributed by atoms with Crippen LogP contribution in [0.25, 0.3) is 0 Å². The second-order valence-electron chi connectivity index (χ2n) is 3.75. The lowest BCUT2D eigenvalue weighted by atomic mass is 10.2. The van der Waals surface area contributed by atoms with E-state index in [0.717, 1.165) is 0 Å². The monoisotopic (exact) mass is 289 g/mol. The molecule has 0 saturated carbocycles. The SMILES string of the molecule is CSc1ncccc1C(=O)Nc1cc(C(=O)O)ccn1. The summed E-state index contributed by atoms with van der Waals surface area (Å²) in [6.45, 7) is 0. The quantitative estimate of drug-likeness (QED) is 0.838. The van der Waals surface area contributed by atoms with Crippen molar-refractivity contribution in [3.8, 4) is 0 Å². The normalized spacial score (nSPS) is 10.1. The summed E-state index contributed by atoms with van der Waals surface area (Å²) >= 11 is 1.36. The molecule has 102 valence electrons. The first-order valence-electron chi connectivity index (χ1n) is 5.61. The number of hydrogen-bond acceptors (Lipinski definition) is 5. The molecule has 1 amide bonds. The number of rotatable bonds is 4. The van der Waals surface area contributed by atoms with E-state index in [1.165, 1.54) is 30.1 Å². The van der Waals surface area contributed by atoms with Gasteiger partial charge in [-0.25, -0.2) is 14.8 Å². The molecule has 0 aromatic carbocycles. The van der Waals surface area contributed by atoms with E-state index in [4.69, 9.17) is 5.11 Å². The molecule has 0 spiro atoms. The van der Waals surface area contributed by atoms with Gasteiger partial charge in [-0.3, -0.25) is 4.79 Å². The van der Waals surface area contributed by atoms with Gasteiger partial charge in [0.2, 0.25) is 0 Å². The zero-order valence-electron chi connectivity index (χ0n) is 10.5. The Morgan fingerprint density at radius 3 is 2.75 bits per heavy atom. The summed E-state index contributed by atoms with van der Waals surface area (Å²) in [5.74, 6) is -1.27. The Bertz CT molecular complexity index is 661. The molecule has 0 unspecified atom stereocenters. The van der Waals surface area contributed by atoms with E-state index in [-0.39, 0.29) is 17.3 Å². The minimum atomic E-state index is -1.07. The van der Waals surface area contributed by atoms with Gasteiger partial charge in [-0.1, -0.05) is 0 Å². The molecule has 6 nitrogen and oxygen atoms in total. The molecule has 20 heavy (non-hydrogen) atoms. The molecule has 2 aromatic heterocycles. The van der Waals surface area contributed by atoms with Crippen molar-refractivity contribution in [2.45, 2.75) is 5.03 Å². The number of carboxylic acids is 1. The molecular formula is C13H11N3O3S. The van der Waals surface area contributed by atoms with E-state index < -0.39 is 5.97 Å². The fourth-order valence-corrected chi connectivity index (χ4v) is 2.09. The van der Waals surface area contributed by atoms with E-state index in [2.05, 4.69) is 15.3 Å². The predicted octanol–water partition coefficient (Wildman–Crippen LogP) is 2.15. The first-order chi connectivity index (χ1) is 9.61. The zero-order chi connectivity index (χ0) is 14.5. The van der Waals surface area contributed by atoms with Crippen LogP contribution in [0.3, 0.4) is 0 Å². The average molecular weight is 289 g/mol. The van der Waals surface area contributed by atoms with Gasteiger partial charge in [0.15, 0.2) is 0 Å². The minimum absolute atomic E-state index is 0.0616. The summed E-state index contributed by atoms with van der Waals surface area (Å²) in [6, 6.07) is 5.97. The third-order valence-corrected chi connectivity index (χ3v) is 3.17. The van der Waals surface area contributed by atoms with Gasteiger partial charge >= 0.3 is 5.97 Å². The number of thioether (sulfide) groups is 1. The molecule has 7 heteroatoms. The Morgan fingerprint density at radius 1 is 1.25 bits per heavy atom. The van der Waals surface area contributed by atoms with E-state index >= 15 is 0 Å². The molecule has 0 aliphatic heterocycles. The lowest BCUT2D eigenvalue weighted by molar-refractivity contribution is 0.0696. The van der Waals surface area contributed by atoms with Crippen LogP contribution >= 0.6 is 11.8 Å². The van der Waals surface area contributed by atoms with Crippen molar-refractivity contribution in [1.29, 1.82) is 0 Å². The summed E-state index contributed by atoms with van der Waals surface area (Å²) < 4.78 is 0. The summed E-state index contributed by atoms with van der Waals surface area (Å²) in [5, 5.41) is 12.0. The second-order valence-corrected chi connectivity index (χ2v) is 4.54. The second kappa shape index (κ2) is 6.16. The van der Waals surface area contributed by atoms with Crippen LogP contribution in [0, 0.1) is 0 Å². The number of pyridine rings is 2. The molecule has 2 rings (SSSR count). The summed E-state index contributed by atoms with van der Waals surface area (Å²) in [6.07, 6.45) is 4.76. The molecule has 0 atom stereocenters. The molecule has 0 fully saturated rings. The fourth-order valence-electron chi connectivity index (χ4n) is 1.54. The Labute approximate surface area is 119 Å². The lowest BCUT2D eigenvalue weighted by Crippen LogP contribution is -2.15. The van der Waals surface area contributed by atoms with Crippen molar-refractivity contribution in [1.82, 2.24) is 9.97 Å². The molecule has 2 N–H and O–H groups in total. The third-order valence-electron chi connectivity index (χ3n) is 2.46. The van der Waals surface area contributed by atoms with Crippen molar-refractivity contribution in [3.63, 3.8) is 0 Å². The van der Waals surface area contributed by atoms with Gasteiger partial charge < -0.3 is 10.4 Å². The molecule has 0 aliphatic carbocycles. The Hall–Kier alpha value is -2.41. The molecule has 2 aromatic rings. The number of nitrogens with zero attached hydrogens (tertiary/aromatic N) is 2. The van der Waals surface area contributed by atoms with E-state index in [1.807, 2.05) is 6.26 Å². The van der Waals surface area contributed by atoms with Crippen LogP contribution in [0.1, 0.15) is 20.7 Å². The van der Waals surface area contributed by atoms with Crippen molar-refractivity contribution >= 4 is 29.5 Å². The maximum atomic E-state index is 12.1. The van der Waals surface area contributed by atoms with Crippen molar-refractivity contribution in [3.05, 3.63) is 47.8 Å². The molecule has 2 heterocycles. The number of aromatic nitrogens is 2. The summed E-state index contributed by atoms with van der Waals surface area (Å²) in [4.78, 5) is 31.0. The maximum Gasteiger partial charge on any atom is 0.335 e. The number of carbonyl (C=O) groups excluding carboxylic acids is 1. The Balaban J connectivity index is 2.23. The molecule has 0 saturated heterocycles. The molecule has 0 bridgehead atoms. The number of hydrogen-bond donors (Lipinski definition) is 2. The van der Waals surface area contributed by atoms with Gasteiger partial charge in [-0.15, -0.1) is 11.8 Å². The molecular weight excluding hydrogens is 278 g/mol. The smallest absolute Gasteiger partial charge is 0.335 e. The van der Waals surface area contributed by atoms with Gasteiger partial charge in [0.1, 0.15) is 10.8 Å². The largest absolute Gasteiger partial charge is 0.478 e. The highest BCUT2D eigenvalue weighted by Gasteiger charge is 2.13. The summed E-state index contributed by atoms with van der Waals surface area (Å²) in [5.41, 5.74) is 0.481. The van der Waals surface area contributed by atoms with Crippen LogP contribution in [0.15, 0.2) is 41.7 Å². The number of anilines is 1. The van der Waals surface area contributed by atoms with Crippen molar-refractivity contribution in [2.75, 3.05) is 11.6 Å². The third kappa shape index (κ3) is 3.12. The van der Waals surface area contributed by atoms with Gasteiger partial charge in [0.25, 0.3) is 5.91 Å². The van der Waals surface area contributed by atoms with E-state index in [0.29, 0.717) is 10.6 Å². The van der Waals surface area contributed by atoms with Crippen molar-refractivity contribution in [2.24, 2.45) is 0 Å². The predicted molar refractivity (Wildman–Crippen MR) is 75.2 cm³/mol. The van der Waals surface area contributed by atoms with Crippen LogP contribution < -0.4 is 5.32 Å². The fraction of sp³-hybridized carbons (Fsp3) is 0.0769. The summed E-state index contributed by atoms with van der Waals surface area (Å²) in [7, 11) is 0. The Morgan fingerprint density at radius 2 is 2.05 bits per heavy atom. The highest BCUT2D eigenvalue weighted by Crippen LogP contribution is 2.18. The average Bonchev–Trinajstić information content (AvgIpc) is 2.47. The van der Waals surface area contributed by atoms with E-state index in [9.17, 15) is 9.59 Å². The lowest BCUT2D eigenvalue weighted by Gasteiger charge is -2.07. The minimum Gasteiger partial charge on any atom is -0.478 e. The van der Waals surface area contributed by atoms with Crippen LogP contribution in [0.4, 0.5) is 5.82 Å². The van der Waals surface area contributed by atoms with Gasteiger partial charge in [-0.05, 0) is 30.5 Å². The number of aromatic carboxylic acids is 1. The van der Waals surface area contributed by atoms with Gasteiger partial charge in [-0.2, -0.15) is 0 Å². The van der Waals surface area contributed by atoms with Crippen LogP contribution in [-0.2, 0) is 0 Å². The number of nitrogens with one attached hydrogen (secondary N) is 1. The maximum absolute atomic E-state index is 12.1. The van der Waals surface area contributed by atoms with E-state index in [1.54, 1.807) is 18.3 Å². The molecule has 0 radical (unpaired) electrons. The van der Waals surface area contributed by atoms with Crippen LogP contribution in [0.2, 0.25) is 0 Å². The standard InChI is InChI=1S/C13H11N3O3S/c1-20-12-9(3-2-5-15-12)11(17)16-10-7-8(13(18)19)4-6-14-10/h2-7H,1H3,(H,18,19)(H,14,16,17). The highest BCUT2D eigenvalue weighted by molar-refractivity contribution is 7.98. The molecule has 0 aliphatic rings. The van der Waals surface area contributed by atoms with Crippen LogP contribution in [0.5, 0.6) is 0 Å². The highest BCUT2D eigenvalue weighted by atomic mass is 32.2. The number of carbonyl (C=O) groups is 2. The Kier molecular flexibility index (Phi) is 4.31. The first kappa shape index (κ1) is 14.0.